The molecule has 1 aromatic carbocycles. The third-order valence-corrected chi connectivity index (χ3v) is 1.75. The van der Waals surface area contributed by atoms with Crippen molar-refractivity contribution in [1.29, 1.82) is 0 Å². The Labute approximate surface area is 78.7 Å². The lowest BCUT2D eigenvalue weighted by Crippen LogP contribution is -1.93. The highest BCUT2D eigenvalue weighted by molar-refractivity contribution is 6.32. The molecular weight excluding hydrogens is 198 g/mol. The number of ether oxygens (including phenoxy) is 1. The van der Waals surface area contributed by atoms with Crippen LogP contribution in [-0.2, 0) is 0 Å². The SMILES string of the molecule is COc1cc(O)c(Cl)cc1[N+](=O)[O-]. The Morgan fingerprint density at radius 3 is 2.69 bits per heavy atom. The molecule has 0 bridgehead atoms. The van der Waals surface area contributed by atoms with Gasteiger partial charge in [-0.3, -0.25) is 10.1 Å². The van der Waals surface area contributed by atoms with E-state index < -0.39 is 4.92 Å². The number of hydrogen-bond acceptors (Lipinski definition) is 4. The molecule has 0 aliphatic heterocycles. The molecule has 0 fully saturated rings. The second-order valence-electron chi connectivity index (χ2n) is 2.23. The highest BCUT2D eigenvalue weighted by Gasteiger charge is 2.17. The average Bonchev–Trinajstić information content (AvgIpc) is 2.08. The van der Waals surface area contributed by atoms with E-state index in [2.05, 4.69) is 4.74 Å². The number of nitrogens with zero attached hydrogens (tertiary/aromatic N) is 1. The summed E-state index contributed by atoms with van der Waals surface area (Å²) >= 11 is 5.48. The molecule has 0 aliphatic rings. The Balaban J connectivity index is 3.33. The van der Waals surface area contributed by atoms with E-state index in [4.69, 9.17) is 16.7 Å². The molecule has 1 N–H and O–H groups in total. The van der Waals surface area contributed by atoms with Crippen LogP contribution in [0.1, 0.15) is 0 Å². The summed E-state index contributed by atoms with van der Waals surface area (Å²) in [4.78, 5) is 9.79. The largest absolute Gasteiger partial charge is 0.506 e. The van der Waals surface area contributed by atoms with Crippen LogP contribution in [-0.4, -0.2) is 17.1 Å². The fraction of sp³-hybridized carbons (Fsp3) is 0.143. The molecule has 5 nitrogen and oxygen atoms in total. The molecule has 0 saturated heterocycles. The van der Waals surface area contributed by atoms with E-state index in [-0.39, 0.29) is 22.2 Å². The highest BCUT2D eigenvalue weighted by Crippen LogP contribution is 2.36. The summed E-state index contributed by atoms with van der Waals surface area (Å²) in [5, 5.41) is 19.5. The predicted molar refractivity (Wildman–Crippen MR) is 46.3 cm³/mol. The summed E-state index contributed by atoms with van der Waals surface area (Å²) in [7, 11) is 1.27. The topological polar surface area (TPSA) is 72.6 Å². The van der Waals surface area contributed by atoms with Gasteiger partial charge in [-0.15, -0.1) is 0 Å². The first kappa shape index (κ1) is 9.60. The zero-order chi connectivity index (χ0) is 10.0. The number of rotatable bonds is 2. The van der Waals surface area contributed by atoms with Gasteiger partial charge in [0.05, 0.1) is 17.1 Å². The van der Waals surface area contributed by atoms with Crippen molar-refractivity contribution >= 4 is 17.3 Å². The van der Waals surface area contributed by atoms with Crippen molar-refractivity contribution in [3.63, 3.8) is 0 Å². The number of hydrogen-bond donors (Lipinski definition) is 1. The number of methoxy groups -OCH3 is 1. The fourth-order valence-corrected chi connectivity index (χ4v) is 0.996. The number of nitro groups is 1. The van der Waals surface area contributed by atoms with Crippen LogP contribution in [0.5, 0.6) is 11.5 Å². The molecule has 1 rings (SSSR count). The van der Waals surface area contributed by atoms with Crippen LogP contribution in [0.4, 0.5) is 5.69 Å². The molecule has 70 valence electrons. The van der Waals surface area contributed by atoms with E-state index in [1.54, 1.807) is 0 Å². The van der Waals surface area contributed by atoms with Gasteiger partial charge >= 0.3 is 5.69 Å². The van der Waals surface area contributed by atoms with E-state index in [0.717, 1.165) is 12.1 Å². The van der Waals surface area contributed by atoms with Crippen molar-refractivity contribution in [1.82, 2.24) is 0 Å². The van der Waals surface area contributed by atoms with Crippen LogP contribution in [0.3, 0.4) is 0 Å². The number of phenols is 1. The van der Waals surface area contributed by atoms with Crippen molar-refractivity contribution in [3.05, 3.63) is 27.3 Å². The van der Waals surface area contributed by atoms with Gasteiger partial charge in [-0.1, -0.05) is 11.6 Å². The lowest BCUT2D eigenvalue weighted by molar-refractivity contribution is -0.385. The van der Waals surface area contributed by atoms with Crippen molar-refractivity contribution in [3.8, 4) is 11.5 Å². The molecule has 0 atom stereocenters. The van der Waals surface area contributed by atoms with Gasteiger partial charge in [-0.2, -0.15) is 0 Å². The Bertz CT molecular complexity index is 353. The van der Waals surface area contributed by atoms with E-state index in [1.807, 2.05) is 0 Å². The van der Waals surface area contributed by atoms with Crippen LogP contribution in [0.15, 0.2) is 12.1 Å². The maximum atomic E-state index is 10.4. The monoisotopic (exact) mass is 203 g/mol. The summed E-state index contributed by atoms with van der Waals surface area (Å²) < 4.78 is 4.68. The lowest BCUT2D eigenvalue weighted by Gasteiger charge is -2.02. The Hall–Kier alpha value is -1.49. The predicted octanol–water partition coefficient (Wildman–Crippen LogP) is 1.96. The third kappa shape index (κ3) is 1.81. The lowest BCUT2D eigenvalue weighted by atomic mass is 10.3. The van der Waals surface area contributed by atoms with Crippen LogP contribution < -0.4 is 4.74 Å². The minimum atomic E-state index is -0.635. The van der Waals surface area contributed by atoms with Gasteiger partial charge in [-0.05, 0) is 0 Å². The summed E-state index contributed by atoms with van der Waals surface area (Å²) in [5.41, 5.74) is -0.273. The molecule has 1 aromatic rings. The molecule has 6 heteroatoms. The second kappa shape index (κ2) is 3.49. The normalized spacial score (nSPS) is 9.69. The standard InChI is InChI=1S/C7H6ClNO4/c1-13-7-3-6(10)4(8)2-5(7)9(11)12/h2-3,10H,1H3. The molecule has 0 amide bonds. The van der Waals surface area contributed by atoms with Crippen LogP contribution >= 0.6 is 11.6 Å². The summed E-state index contributed by atoms with van der Waals surface area (Å²) in [6.45, 7) is 0. The zero-order valence-corrected chi connectivity index (χ0v) is 7.41. The van der Waals surface area contributed by atoms with E-state index in [1.165, 1.54) is 7.11 Å². The summed E-state index contributed by atoms with van der Waals surface area (Å²) in [6, 6.07) is 2.14. The number of aromatic hydroxyl groups is 1. The highest BCUT2D eigenvalue weighted by atomic mass is 35.5. The zero-order valence-electron chi connectivity index (χ0n) is 6.65. The van der Waals surface area contributed by atoms with Crippen molar-refractivity contribution in [2.45, 2.75) is 0 Å². The molecule has 0 heterocycles. The maximum Gasteiger partial charge on any atom is 0.312 e. The molecule has 0 unspecified atom stereocenters. The molecule has 0 aliphatic carbocycles. The van der Waals surface area contributed by atoms with E-state index in [0.29, 0.717) is 0 Å². The van der Waals surface area contributed by atoms with Crippen molar-refractivity contribution in [2.24, 2.45) is 0 Å². The Kier molecular flexibility index (Phi) is 2.57. The first-order chi connectivity index (χ1) is 6.06. The van der Waals surface area contributed by atoms with Gasteiger partial charge in [0.15, 0.2) is 0 Å². The minimum Gasteiger partial charge on any atom is -0.506 e. The number of nitro benzene ring substituents is 1. The fourth-order valence-electron chi connectivity index (χ4n) is 0.838. The first-order valence-corrected chi connectivity index (χ1v) is 3.65. The van der Waals surface area contributed by atoms with Gasteiger partial charge in [0.1, 0.15) is 5.75 Å². The van der Waals surface area contributed by atoms with Gasteiger partial charge < -0.3 is 9.84 Å². The van der Waals surface area contributed by atoms with Crippen molar-refractivity contribution in [2.75, 3.05) is 7.11 Å². The van der Waals surface area contributed by atoms with Gasteiger partial charge in [0.25, 0.3) is 0 Å². The molecule has 0 spiro atoms. The Morgan fingerprint density at radius 1 is 1.62 bits per heavy atom. The number of halogens is 1. The third-order valence-electron chi connectivity index (χ3n) is 1.45. The minimum absolute atomic E-state index is 0.0214. The molecule has 0 radical (unpaired) electrons. The van der Waals surface area contributed by atoms with Gasteiger partial charge in [0.2, 0.25) is 5.75 Å². The smallest absolute Gasteiger partial charge is 0.312 e. The van der Waals surface area contributed by atoms with Crippen LogP contribution in [0.25, 0.3) is 0 Å². The second-order valence-corrected chi connectivity index (χ2v) is 2.64. The summed E-state index contributed by atoms with van der Waals surface area (Å²) in [5.74, 6) is -0.268. The van der Waals surface area contributed by atoms with Crippen molar-refractivity contribution < 1.29 is 14.8 Å². The van der Waals surface area contributed by atoms with E-state index >= 15 is 0 Å². The molecular formula is C7H6ClNO4. The van der Waals surface area contributed by atoms with Gasteiger partial charge in [-0.25, -0.2) is 0 Å². The molecule has 0 saturated carbocycles. The van der Waals surface area contributed by atoms with E-state index in [9.17, 15) is 10.1 Å². The van der Waals surface area contributed by atoms with Crippen LogP contribution in [0, 0.1) is 10.1 Å². The number of phenolic OH excluding ortho intramolecular Hbond substituents is 1. The van der Waals surface area contributed by atoms with Crippen LogP contribution in [0.2, 0.25) is 5.02 Å². The quantitative estimate of drug-likeness (QED) is 0.589. The Morgan fingerprint density at radius 2 is 2.23 bits per heavy atom. The maximum absolute atomic E-state index is 10.4. The van der Waals surface area contributed by atoms with Gasteiger partial charge in [0, 0.05) is 12.1 Å². The molecule has 13 heavy (non-hydrogen) atoms. The number of benzene rings is 1. The first-order valence-electron chi connectivity index (χ1n) is 3.27. The average molecular weight is 204 g/mol. The summed E-state index contributed by atoms with van der Waals surface area (Å²) in [6.07, 6.45) is 0. The molecule has 0 aromatic heterocycles.